The molecule has 1 aliphatic rings. The first-order valence-corrected chi connectivity index (χ1v) is 9.32. The molecular weight excluding hydrogens is 350 g/mol. The molecule has 0 aliphatic carbocycles. The third-order valence-corrected chi connectivity index (χ3v) is 5.45. The fourth-order valence-corrected chi connectivity index (χ4v) is 3.84. The summed E-state index contributed by atoms with van der Waals surface area (Å²) in [7, 11) is 0.252. The molecule has 0 bridgehead atoms. The first kappa shape index (κ1) is 16.9. The Bertz CT molecular complexity index is 841. The highest BCUT2D eigenvalue weighted by atomic mass is 35.5. The number of esters is 1. The summed E-state index contributed by atoms with van der Waals surface area (Å²) in [6.07, 6.45) is 2.17. The number of carbonyl (C=O) groups excluding carboxylic acids is 2. The van der Waals surface area contributed by atoms with Crippen molar-refractivity contribution in [1.29, 1.82) is 0 Å². The van der Waals surface area contributed by atoms with Crippen molar-refractivity contribution in [2.24, 2.45) is 0 Å². The smallest absolute Gasteiger partial charge is 0.314 e. The number of halogens is 1. The maximum atomic E-state index is 12.8. The van der Waals surface area contributed by atoms with Crippen LogP contribution in [0, 0.1) is 0 Å². The molecule has 2 atom stereocenters. The van der Waals surface area contributed by atoms with E-state index < -0.39 is 10.8 Å². The number of hydrogen-bond donors (Lipinski definition) is 0. The fraction of sp³-hybridized carbons (Fsp3) is 0.294. The number of nitrogens with zero attached hydrogens (tertiary/aromatic N) is 1. The molecule has 3 rings (SSSR count). The number of methoxy groups -OCH3 is 1. The van der Waals surface area contributed by atoms with E-state index in [1.165, 1.54) is 7.11 Å². The number of rotatable bonds is 4. The van der Waals surface area contributed by atoms with Crippen molar-refractivity contribution < 1.29 is 18.5 Å². The van der Waals surface area contributed by atoms with E-state index in [1.54, 1.807) is 41.2 Å². The number of benzene rings is 1. The van der Waals surface area contributed by atoms with Gasteiger partial charge in [0.15, 0.2) is 0 Å². The van der Waals surface area contributed by atoms with Gasteiger partial charge in [-0.1, -0.05) is 11.6 Å². The average molecular weight is 366 g/mol. The Labute approximate surface area is 147 Å². The summed E-state index contributed by atoms with van der Waals surface area (Å²) in [4.78, 5) is 25.3. The highest BCUT2D eigenvalue weighted by Crippen LogP contribution is 2.36. The number of aromatic nitrogens is 1. The van der Waals surface area contributed by atoms with Gasteiger partial charge in [0.05, 0.1) is 18.1 Å². The Morgan fingerprint density at radius 1 is 1.29 bits per heavy atom. The third kappa shape index (κ3) is 2.80. The molecule has 1 aliphatic heterocycles. The molecule has 0 amide bonds. The van der Waals surface area contributed by atoms with Crippen molar-refractivity contribution in [2.45, 2.75) is 23.8 Å². The van der Waals surface area contributed by atoms with Crippen LogP contribution in [-0.2, 0) is 26.9 Å². The number of fused-ring (bicyclic) bond motifs is 1. The Morgan fingerprint density at radius 2 is 1.96 bits per heavy atom. The lowest BCUT2D eigenvalue weighted by Crippen LogP contribution is -2.12. The highest BCUT2D eigenvalue weighted by molar-refractivity contribution is 7.84. The first-order chi connectivity index (χ1) is 11.4. The molecule has 0 saturated heterocycles. The molecule has 7 heteroatoms. The molecule has 2 aromatic rings. The summed E-state index contributed by atoms with van der Waals surface area (Å²) in [6, 6.07) is 8.29. The second kappa shape index (κ2) is 6.53. The van der Waals surface area contributed by atoms with Crippen molar-refractivity contribution in [2.75, 3.05) is 13.4 Å². The summed E-state index contributed by atoms with van der Waals surface area (Å²) < 4.78 is 18.0. The van der Waals surface area contributed by atoms with Gasteiger partial charge in [-0.2, -0.15) is 0 Å². The van der Waals surface area contributed by atoms with Gasteiger partial charge in [-0.15, -0.1) is 0 Å². The van der Waals surface area contributed by atoms with Gasteiger partial charge in [0, 0.05) is 39.8 Å². The molecule has 0 saturated carbocycles. The maximum Gasteiger partial charge on any atom is 0.314 e. The number of ether oxygens (including phenoxy) is 1. The molecule has 126 valence electrons. The van der Waals surface area contributed by atoms with Crippen molar-refractivity contribution in [3.63, 3.8) is 0 Å². The zero-order valence-corrected chi connectivity index (χ0v) is 14.8. The SMILES string of the molecule is COC(=O)C1CCn2c1cc(Cl)c2C(=O)c1ccc(S(C)=O)cc1. The third-order valence-electron chi connectivity index (χ3n) is 4.23. The van der Waals surface area contributed by atoms with Crippen molar-refractivity contribution in [3.8, 4) is 0 Å². The largest absolute Gasteiger partial charge is 0.469 e. The van der Waals surface area contributed by atoms with Crippen LogP contribution in [0.25, 0.3) is 0 Å². The van der Waals surface area contributed by atoms with Gasteiger partial charge in [-0.3, -0.25) is 13.8 Å². The predicted molar refractivity (Wildman–Crippen MR) is 91.0 cm³/mol. The Morgan fingerprint density at radius 3 is 2.54 bits per heavy atom. The van der Waals surface area contributed by atoms with Gasteiger partial charge < -0.3 is 9.30 Å². The van der Waals surface area contributed by atoms with Crippen LogP contribution in [-0.4, -0.2) is 33.9 Å². The molecule has 2 unspecified atom stereocenters. The maximum absolute atomic E-state index is 12.8. The van der Waals surface area contributed by atoms with Gasteiger partial charge in [-0.05, 0) is 36.8 Å². The summed E-state index contributed by atoms with van der Waals surface area (Å²) in [5.41, 5.74) is 1.55. The van der Waals surface area contributed by atoms with Crippen LogP contribution in [0.4, 0.5) is 0 Å². The van der Waals surface area contributed by atoms with E-state index >= 15 is 0 Å². The quantitative estimate of drug-likeness (QED) is 0.617. The molecule has 24 heavy (non-hydrogen) atoms. The van der Waals surface area contributed by atoms with Gasteiger partial charge in [-0.25, -0.2) is 0 Å². The monoisotopic (exact) mass is 365 g/mol. The summed E-state index contributed by atoms with van der Waals surface area (Å²) in [6.45, 7) is 0.542. The number of ketones is 1. The normalized spacial score (nSPS) is 17.4. The molecule has 0 radical (unpaired) electrons. The van der Waals surface area contributed by atoms with Crippen LogP contribution in [0.3, 0.4) is 0 Å². The lowest BCUT2D eigenvalue weighted by atomic mass is 10.1. The molecule has 1 aromatic carbocycles. The zero-order chi connectivity index (χ0) is 17.4. The fourth-order valence-electron chi connectivity index (χ4n) is 3.02. The Balaban J connectivity index is 1.97. The van der Waals surface area contributed by atoms with Crippen molar-refractivity contribution in [3.05, 3.63) is 52.3 Å². The summed E-state index contributed by atoms with van der Waals surface area (Å²) in [5, 5.41) is 0.326. The van der Waals surface area contributed by atoms with Crippen LogP contribution >= 0.6 is 11.6 Å². The van der Waals surface area contributed by atoms with E-state index in [9.17, 15) is 13.8 Å². The second-order valence-electron chi connectivity index (χ2n) is 5.59. The number of carbonyl (C=O) groups is 2. The van der Waals surface area contributed by atoms with Crippen molar-refractivity contribution >= 4 is 34.2 Å². The molecule has 0 fully saturated rings. The van der Waals surface area contributed by atoms with Crippen LogP contribution in [0.15, 0.2) is 35.2 Å². The Kier molecular flexibility index (Phi) is 4.60. The molecule has 2 heterocycles. The average Bonchev–Trinajstić information content (AvgIpc) is 3.11. The minimum absolute atomic E-state index is 0.217. The predicted octanol–water partition coefficient (Wildman–Crippen LogP) is 2.77. The lowest BCUT2D eigenvalue weighted by molar-refractivity contribution is -0.142. The van der Waals surface area contributed by atoms with E-state index in [2.05, 4.69) is 0 Å². The van der Waals surface area contributed by atoms with Gasteiger partial charge >= 0.3 is 5.97 Å². The Hall–Kier alpha value is -1.92. The zero-order valence-electron chi connectivity index (χ0n) is 13.2. The minimum atomic E-state index is -1.10. The number of hydrogen-bond acceptors (Lipinski definition) is 4. The second-order valence-corrected chi connectivity index (χ2v) is 7.38. The van der Waals surface area contributed by atoms with Crippen LogP contribution in [0.1, 0.15) is 34.1 Å². The van der Waals surface area contributed by atoms with Crippen molar-refractivity contribution in [1.82, 2.24) is 4.57 Å². The minimum Gasteiger partial charge on any atom is -0.469 e. The molecule has 5 nitrogen and oxygen atoms in total. The topological polar surface area (TPSA) is 65.4 Å². The van der Waals surface area contributed by atoms with Crippen LogP contribution < -0.4 is 0 Å². The van der Waals surface area contributed by atoms with E-state index in [1.807, 2.05) is 0 Å². The molecule has 0 N–H and O–H groups in total. The molecule has 0 spiro atoms. The van der Waals surface area contributed by atoms with Gasteiger partial charge in [0.2, 0.25) is 5.78 Å². The molecular formula is C17H16ClNO4S. The van der Waals surface area contributed by atoms with E-state index in [4.69, 9.17) is 16.3 Å². The van der Waals surface area contributed by atoms with Gasteiger partial charge in [0.25, 0.3) is 0 Å². The summed E-state index contributed by atoms with van der Waals surface area (Å²) in [5.74, 6) is -0.930. The summed E-state index contributed by atoms with van der Waals surface area (Å²) >= 11 is 6.26. The van der Waals surface area contributed by atoms with E-state index in [0.29, 0.717) is 39.8 Å². The lowest BCUT2D eigenvalue weighted by Gasteiger charge is -2.07. The highest BCUT2D eigenvalue weighted by Gasteiger charge is 2.34. The van der Waals surface area contributed by atoms with E-state index in [0.717, 1.165) is 0 Å². The van der Waals surface area contributed by atoms with E-state index in [-0.39, 0.29) is 17.7 Å². The van der Waals surface area contributed by atoms with Gasteiger partial charge in [0.1, 0.15) is 5.69 Å². The standard InChI is InChI=1S/C17H16ClNO4S/c1-23-17(21)12-7-8-19-14(12)9-13(18)15(19)16(20)10-3-5-11(6-4-10)24(2)22/h3-6,9,12H,7-8H2,1-2H3. The van der Waals surface area contributed by atoms with Crippen LogP contribution in [0.5, 0.6) is 0 Å². The first-order valence-electron chi connectivity index (χ1n) is 7.39. The molecule has 1 aromatic heterocycles. The van der Waals surface area contributed by atoms with Crippen LogP contribution in [0.2, 0.25) is 5.02 Å².